The SMILES string of the molecule is Cc1cc(Cl)c(N(C)C/C=C/C(=O)O)cc1F. The topological polar surface area (TPSA) is 40.5 Å². The minimum Gasteiger partial charge on any atom is -0.478 e. The molecular formula is C12H13ClFNO2. The Morgan fingerprint density at radius 2 is 2.24 bits per heavy atom. The van der Waals surface area contributed by atoms with Crippen LogP contribution < -0.4 is 4.90 Å². The zero-order valence-corrected chi connectivity index (χ0v) is 10.3. The van der Waals surface area contributed by atoms with E-state index in [1.807, 2.05) is 0 Å². The fourth-order valence-corrected chi connectivity index (χ4v) is 1.70. The maximum atomic E-state index is 13.4. The summed E-state index contributed by atoms with van der Waals surface area (Å²) in [4.78, 5) is 12.0. The van der Waals surface area contributed by atoms with Crippen LogP contribution in [0.5, 0.6) is 0 Å². The van der Waals surface area contributed by atoms with Gasteiger partial charge in [0.1, 0.15) is 5.82 Å². The Kier molecular flexibility index (Phi) is 4.52. The highest BCUT2D eigenvalue weighted by Crippen LogP contribution is 2.27. The number of carboxylic acid groups (broad SMARTS) is 1. The Morgan fingerprint density at radius 1 is 1.59 bits per heavy atom. The molecule has 0 unspecified atom stereocenters. The first-order valence-corrected chi connectivity index (χ1v) is 5.36. The number of aryl methyl sites for hydroxylation is 1. The van der Waals surface area contributed by atoms with Gasteiger partial charge in [0.2, 0.25) is 0 Å². The lowest BCUT2D eigenvalue weighted by atomic mass is 10.2. The molecule has 0 aliphatic heterocycles. The number of aliphatic carboxylic acids is 1. The Hall–Kier alpha value is -1.55. The van der Waals surface area contributed by atoms with E-state index in [4.69, 9.17) is 16.7 Å². The number of carbonyl (C=O) groups is 1. The predicted octanol–water partition coefficient (Wildman–Crippen LogP) is 2.86. The summed E-state index contributed by atoms with van der Waals surface area (Å²) < 4.78 is 13.4. The first kappa shape index (κ1) is 13.5. The second kappa shape index (κ2) is 5.68. The molecule has 0 saturated heterocycles. The summed E-state index contributed by atoms with van der Waals surface area (Å²) in [5.41, 5.74) is 1.01. The van der Waals surface area contributed by atoms with E-state index < -0.39 is 5.97 Å². The monoisotopic (exact) mass is 257 g/mol. The molecule has 17 heavy (non-hydrogen) atoms. The normalized spacial score (nSPS) is 10.8. The lowest BCUT2D eigenvalue weighted by molar-refractivity contribution is -0.131. The van der Waals surface area contributed by atoms with Crippen molar-refractivity contribution in [2.24, 2.45) is 0 Å². The number of rotatable bonds is 4. The smallest absolute Gasteiger partial charge is 0.328 e. The van der Waals surface area contributed by atoms with E-state index in [1.54, 1.807) is 24.9 Å². The van der Waals surface area contributed by atoms with Gasteiger partial charge in [0, 0.05) is 19.7 Å². The van der Waals surface area contributed by atoms with Gasteiger partial charge in [-0.25, -0.2) is 9.18 Å². The summed E-state index contributed by atoms with van der Waals surface area (Å²) in [6.07, 6.45) is 2.51. The van der Waals surface area contributed by atoms with Crippen LogP contribution in [0.25, 0.3) is 0 Å². The van der Waals surface area contributed by atoms with Crippen LogP contribution in [0.1, 0.15) is 5.56 Å². The lowest BCUT2D eigenvalue weighted by Gasteiger charge is -2.19. The van der Waals surface area contributed by atoms with E-state index in [1.165, 1.54) is 12.1 Å². The fourth-order valence-electron chi connectivity index (χ4n) is 1.34. The molecule has 1 N–H and O–H groups in total. The van der Waals surface area contributed by atoms with E-state index >= 15 is 0 Å². The van der Waals surface area contributed by atoms with Crippen molar-refractivity contribution in [3.63, 3.8) is 0 Å². The molecule has 0 saturated carbocycles. The highest BCUT2D eigenvalue weighted by atomic mass is 35.5. The zero-order valence-electron chi connectivity index (χ0n) is 9.58. The Labute approximate surface area is 104 Å². The van der Waals surface area contributed by atoms with Gasteiger partial charge in [0.25, 0.3) is 0 Å². The molecule has 0 aromatic heterocycles. The van der Waals surface area contributed by atoms with Gasteiger partial charge in [0.15, 0.2) is 0 Å². The molecule has 0 radical (unpaired) electrons. The maximum absolute atomic E-state index is 13.4. The highest BCUT2D eigenvalue weighted by Gasteiger charge is 2.08. The van der Waals surface area contributed by atoms with Gasteiger partial charge in [-0.05, 0) is 24.6 Å². The molecule has 1 aromatic carbocycles. The first-order valence-electron chi connectivity index (χ1n) is 4.98. The third kappa shape index (κ3) is 3.75. The second-order valence-electron chi connectivity index (χ2n) is 3.67. The van der Waals surface area contributed by atoms with Crippen molar-refractivity contribution in [1.29, 1.82) is 0 Å². The van der Waals surface area contributed by atoms with Crippen molar-refractivity contribution in [1.82, 2.24) is 0 Å². The third-order valence-corrected chi connectivity index (χ3v) is 2.58. The van der Waals surface area contributed by atoms with Crippen molar-refractivity contribution in [2.75, 3.05) is 18.5 Å². The van der Waals surface area contributed by atoms with E-state index in [2.05, 4.69) is 0 Å². The standard InChI is InChI=1S/C12H13ClFNO2/c1-8-6-9(13)11(7-10(8)14)15(2)5-3-4-12(16)17/h3-4,6-7H,5H2,1-2H3,(H,16,17)/b4-3+. The molecule has 1 aromatic rings. The summed E-state index contributed by atoms with van der Waals surface area (Å²) in [7, 11) is 1.71. The van der Waals surface area contributed by atoms with Crippen molar-refractivity contribution < 1.29 is 14.3 Å². The van der Waals surface area contributed by atoms with Crippen LogP contribution in [0, 0.1) is 12.7 Å². The Morgan fingerprint density at radius 3 is 2.82 bits per heavy atom. The molecule has 0 aliphatic carbocycles. The molecule has 0 amide bonds. The van der Waals surface area contributed by atoms with Gasteiger partial charge in [-0.2, -0.15) is 0 Å². The van der Waals surface area contributed by atoms with E-state index in [9.17, 15) is 9.18 Å². The third-order valence-electron chi connectivity index (χ3n) is 2.28. The Balaban J connectivity index is 2.85. The van der Waals surface area contributed by atoms with Crippen LogP contribution in [-0.2, 0) is 4.79 Å². The summed E-state index contributed by atoms with van der Waals surface area (Å²) in [5.74, 6) is -1.35. The molecule has 0 aliphatic rings. The minimum atomic E-state index is -1.01. The summed E-state index contributed by atoms with van der Waals surface area (Å²) in [5, 5.41) is 8.88. The van der Waals surface area contributed by atoms with Crippen LogP contribution in [-0.4, -0.2) is 24.7 Å². The van der Waals surface area contributed by atoms with Crippen molar-refractivity contribution >= 4 is 23.3 Å². The van der Waals surface area contributed by atoms with Crippen molar-refractivity contribution in [3.8, 4) is 0 Å². The number of likely N-dealkylation sites (N-methyl/N-ethyl adjacent to an activating group) is 1. The molecule has 0 fully saturated rings. The van der Waals surface area contributed by atoms with Crippen LogP contribution >= 0.6 is 11.6 Å². The number of hydrogen-bond donors (Lipinski definition) is 1. The minimum absolute atomic E-state index is 0.335. The summed E-state index contributed by atoms with van der Waals surface area (Å²) in [6, 6.07) is 2.88. The molecule has 0 heterocycles. The van der Waals surface area contributed by atoms with E-state index in [-0.39, 0.29) is 5.82 Å². The van der Waals surface area contributed by atoms with Gasteiger partial charge in [-0.15, -0.1) is 0 Å². The summed E-state index contributed by atoms with van der Waals surface area (Å²) >= 11 is 5.99. The number of anilines is 1. The Bertz CT molecular complexity index is 460. The molecule has 1 rings (SSSR count). The molecule has 0 atom stereocenters. The lowest BCUT2D eigenvalue weighted by Crippen LogP contribution is -2.17. The van der Waals surface area contributed by atoms with Crippen molar-refractivity contribution in [2.45, 2.75) is 6.92 Å². The van der Waals surface area contributed by atoms with Gasteiger partial charge < -0.3 is 10.0 Å². The molecule has 5 heteroatoms. The molecule has 3 nitrogen and oxygen atoms in total. The first-order chi connectivity index (χ1) is 7.91. The van der Waals surface area contributed by atoms with Crippen LogP contribution in [0.2, 0.25) is 5.02 Å². The van der Waals surface area contributed by atoms with Crippen LogP contribution in [0.4, 0.5) is 10.1 Å². The van der Waals surface area contributed by atoms with Gasteiger partial charge >= 0.3 is 5.97 Å². The van der Waals surface area contributed by atoms with Gasteiger partial charge in [-0.1, -0.05) is 17.7 Å². The largest absolute Gasteiger partial charge is 0.478 e. The average Bonchev–Trinajstić information content (AvgIpc) is 2.22. The average molecular weight is 258 g/mol. The number of nitrogens with zero attached hydrogens (tertiary/aromatic N) is 1. The number of halogens is 2. The molecule has 0 bridgehead atoms. The molecule has 0 spiro atoms. The molecule has 92 valence electrons. The summed E-state index contributed by atoms with van der Waals surface area (Å²) in [6.45, 7) is 1.98. The van der Waals surface area contributed by atoms with Gasteiger partial charge in [-0.3, -0.25) is 0 Å². The van der Waals surface area contributed by atoms with Crippen molar-refractivity contribution in [3.05, 3.63) is 40.7 Å². The molecular weight excluding hydrogens is 245 g/mol. The maximum Gasteiger partial charge on any atom is 0.328 e. The number of benzene rings is 1. The van der Waals surface area contributed by atoms with Crippen LogP contribution in [0.3, 0.4) is 0 Å². The van der Waals surface area contributed by atoms with E-state index in [0.29, 0.717) is 22.8 Å². The fraction of sp³-hybridized carbons (Fsp3) is 0.250. The zero-order chi connectivity index (χ0) is 13.0. The number of carboxylic acids is 1. The van der Waals surface area contributed by atoms with E-state index in [0.717, 1.165) is 6.08 Å². The second-order valence-corrected chi connectivity index (χ2v) is 4.08. The number of hydrogen-bond acceptors (Lipinski definition) is 2. The predicted molar refractivity (Wildman–Crippen MR) is 66.2 cm³/mol. The quantitative estimate of drug-likeness (QED) is 0.844. The van der Waals surface area contributed by atoms with Gasteiger partial charge in [0.05, 0.1) is 10.7 Å². The van der Waals surface area contributed by atoms with Crippen LogP contribution in [0.15, 0.2) is 24.3 Å². The highest BCUT2D eigenvalue weighted by molar-refractivity contribution is 6.33.